The summed E-state index contributed by atoms with van der Waals surface area (Å²) in [6.07, 6.45) is 1.73. The molecule has 24 heavy (non-hydrogen) atoms. The molecule has 1 aromatic carbocycles. The Morgan fingerprint density at radius 2 is 1.75 bits per heavy atom. The number of nitrogens with zero attached hydrogens (tertiary/aromatic N) is 2. The molecular formula is C17H17N3O3S. The molecule has 2 heterocycles. The average Bonchev–Trinajstić information content (AvgIpc) is 3.09. The summed E-state index contributed by atoms with van der Waals surface area (Å²) in [4.78, 5) is 8.83. The molecule has 6 nitrogen and oxygen atoms in total. The molecule has 0 bridgehead atoms. The van der Waals surface area contributed by atoms with E-state index in [0.29, 0.717) is 17.2 Å². The predicted molar refractivity (Wildman–Crippen MR) is 94.7 cm³/mol. The summed E-state index contributed by atoms with van der Waals surface area (Å²) < 4.78 is 16.1. The fraction of sp³-hybridized carbons (Fsp3) is 0.176. The molecule has 0 spiro atoms. The minimum absolute atomic E-state index is 0.561. The van der Waals surface area contributed by atoms with E-state index in [2.05, 4.69) is 15.3 Å². The maximum atomic E-state index is 5.39. The van der Waals surface area contributed by atoms with Gasteiger partial charge < -0.3 is 19.5 Å². The molecule has 0 aliphatic heterocycles. The fourth-order valence-corrected chi connectivity index (χ4v) is 2.97. The van der Waals surface area contributed by atoms with E-state index in [9.17, 15) is 0 Å². The zero-order chi connectivity index (χ0) is 16.9. The minimum Gasteiger partial charge on any atom is -0.493 e. The van der Waals surface area contributed by atoms with Gasteiger partial charge in [0.25, 0.3) is 0 Å². The standard InChI is InChI=1S/C17H17N3O3S/c1-21-13-8-11(9-14(22-2)16(13)23-3)12-10-24-17(19-12)20-15-6-4-5-7-18-15/h4-10H,1-3H3,(H,18,19,20). The Labute approximate surface area is 144 Å². The molecule has 0 saturated carbocycles. The van der Waals surface area contributed by atoms with Crippen LogP contribution in [-0.4, -0.2) is 31.3 Å². The van der Waals surface area contributed by atoms with E-state index < -0.39 is 0 Å². The van der Waals surface area contributed by atoms with Crippen molar-refractivity contribution in [3.05, 3.63) is 41.9 Å². The number of aromatic nitrogens is 2. The molecule has 7 heteroatoms. The van der Waals surface area contributed by atoms with Gasteiger partial charge >= 0.3 is 0 Å². The van der Waals surface area contributed by atoms with Gasteiger partial charge in [0, 0.05) is 17.1 Å². The van der Waals surface area contributed by atoms with Crippen molar-refractivity contribution in [3.8, 4) is 28.5 Å². The normalized spacial score (nSPS) is 10.3. The summed E-state index contributed by atoms with van der Waals surface area (Å²) >= 11 is 1.50. The first-order valence-corrected chi connectivity index (χ1v) is 8.07. The molecular weight excluding hydrogens is 326 g/mol. The first kappa shape index (κ1) is 16.1. The molecule has 3 aromatic rings. The lowest BCUT2D eigenvalue weighted by atomic mass is 10.1. The first-order valence-electron chi connectivity index (χ1n) is 7.19. The van der Waals surface area contributed by atoms with Gasteiger partial charge in [0.15, 0.2) is 16.6 Å². The molecule has 2 aromatic heterocycles. The highest BCUT2D eigenvalue weighted by atomic mass is 32.1. The van der Waals surface area contributed by atoms with Crippen LogP contribution < -0.4 is 19.5 Å². The summed E-state index contributed by atoms with van der Waals surface area (Å²) in [5, 5.41) is 5.91. The number of anilines is 2. The minimum atomic E-state index is 0.561. The lowest BCUT2D eigenvalue weighted by Crippen LogP contribution is -1.96. The summed E-state index contributed by atoms with van der Waals surface area (Å²) in [5.74, 6) is 2.51. The Morgan fingerprint density at radius 1 is 1.00 bits per heavy atom. The van der Waals surface area contributed by atoms with E-state index in [1.54, 1.807) is 27.5 Å². The van der Waals surface area contributed by atoms with Crippen LogP contribution >= 0.6 is 11.3 Å². The number of pyridine rings is 1. The number of hydrogen-bond acceptors (Lipinski definition) is 7. The summed E-state index contributed by atoms with van der Waals surface area (Å²) in [6, 6.07) is 9.43. The van der Waals surface area contributed by atoms with Crippen molar-refractivity contribution in [3.63, 3.8) is 0 Å². The zero-order valence-electron chi connectivity index (χ0n) is 13.6. The van der Waals surface area contributed by atoms with E-state index in [-0.39, 0.29) is 0 Å². The molecule has 124 valence electrons. The van der Waals surface area contributed by atoms with Crippen molar-refractivity contribution < 1.29 is 14.2 Å². The SMILES string of the molecule is COc1cc(-c2csc(Nc3ccccn3)n2)cc(OC)c1OC. The highest BCUT2D eigenvalue weighted by Gasteiger charge is 2.15. The third-order valence-electron chi connectivity index (χ3n) is 3.36. The van der Waals surface area contributed by atoms with Crippen LogP contribution in [-0.2, 0) is 0 Å². The number of nitrogens with one attached hydrogen (secondary N) is 1. The number of hydrogen-bond donors (Lipinski definition) is 1. The molecule has 0 atom stereocenters. The maximum Gasteiger partial charge on any atom is 0.203 e. The van der Waals surface area contributed by atoms with E-state index in [0.717, 1.165) is 22.2 Å². The molecule has 0 unspecified atom stereocenters. The van der Waals surface area contributed by atoms with Crippen LogP contribution in [0.4, 0.5) is 10.9 Å². The quantitative estimate of drug-likeness (QED) is 0.730. The van der Waals surface area contributed by atoms with Gasteiger partial charge in [-0.25, -0.2) is 9.97 Å². The second-order valence-corrected chi connectivity index (χ2v) is 5.65. The van der Waals surface area contributed by atoms with Gasteiger partial charge in [-0.05, 0) is 24.3 Å². The Hall–Kier alpha value is -2.80. The predicted octanol–water partition coefficient (Wildman–Crippen LogP) is 3.97. The number of rotatable bonds is 6. The van der Waals surface area contributed by atoms with E-state index >= 15 is 0 Å². The van der Waals surface area contributed by atoms with Crippen molar-refractivity contribution in [2.75, 3.05) is 26.6 Å². The zero-order valence-corrected chi connectivity index (χ0v) is 14.4. The Bertz CT molecular complexity index is 796. The lowest BCUT2D eigenvalue weighted by molar-refractivity contribution is 0.324. The monoisotopic (exact) mass is 343 g/mol. The van der Waals surface area contributed by atoms with Crippen LogP contribution in [0.25, 0.3) is 11.3 Å². The summed E-state index contributed by atoms with van der Waals surface area (Å²) in [6.45, 7) is 0. The molecule has 0 radical (unpaired) electrons. The number of ether oxygens (including phenoxy) is 3. The van der Waals surface area contributed by atoms with Gasteiger partial charge in [0.05, 0.1) is 27.0 Å². The fourth-order valence-electron chi connectivity index (χ4n) is 2.24. The maximum absolute atomic E-state index is 5.39. The molecule has 0 fully saturated rings. The Balaban J connectivity index is 1.92. The van der Waals surface area contributed by atoms with Gasteiger partial charge in [-0.2, -0.15) is 0 Å². The summed E-state index contributed by atoms with van der Waals surface area (Å²) in [7, 11) is 4.77. The van der Waals surface area contributed by atoms with Crippen molar-refractivity contribution >= 4 is 22.3 Å². The van der Waals surface area contributed by atoms with Crippen LogP contribution in [0.5, 0.6) is 17.2 Å². The van der Waals surface area contributed by atoms with Crippen LogP contribution in [0.2, 0.25) is 0 Å². The largest absolute Gasteiger partial charge is 0.493 e. The second-order valence-electron chi connectivity index (χ2n) is 4.79. The van der Waals surface area contributed by atoms with E-state index in [1.165, 1.54) is 11.3 Å². The van der Waals surface area contributed by atoms with Crippen LogP contribution in [0.3, 0.4) is 0 Å². The van der Waals surface area contributed by atoms with E-state index in [1.807, 2.05) is 35.7 Å². The molecule has 0 aliphatic carbocycles. The van der Waals surface area contributed by atoms with Crippen molar-refractivity contribution in [1.29, 1.82) is 0 Å². The van der Waals surface area contributed by atoms with E-state index in [4.69, 9.17) is 14.2 Å². The average molecular weight is 343 g/mol. The van der Waals surface area contributed by atoms with Crippen molar-refractivity contribution in [2.45, 2.75) is 0 Å². The number of thiazole rings is 1. The Morgan fingerprint density at radius 3 is 2.33 bits per heavy atom. The molecule has 1 N–H and O–H groups in total. The molecule has 0 amide bonds. The van der Waals surface area contributed by atoms with Crippen LogP contribution in [0.1, 0.15) is 0 Å². The van der Waals surface area contributed by atoms with Gasteiger partial charge in [-0.15, -0.1) is 11.3 Å². The first-order chi connectivity index (χ1) is 11.7. The second kappa shape index (κ2) is 7.18. The third-order valence-corrected chi connectivity index (χ3v) is 4.12. The van der Waals surface area contributed by atoms with Crippen LogP contribution in [0.15, 0.2) is 41.9 Å². The third kappa shape index (κ3) is 3.26. The van der Waals surface area contributed by atoms with Gasteiger partial charge in [-0.3, -0.25) is 0 Å². The smallest absolute Gasteiger partial charge is 0.203 e. The number of benzene rings is 1. The molecule has 0 aliphatic rings. The topological polar surface area (TPSA) is 65.5 Å². The highest BCUT2D eigenvalue weighted by Crippen LogP contribution is 2.41. The van der Waals surface area contributed by atoms with Gasteiger partial charge in [0.1, 0.15) is 5.82 Å². The van der Waals surface area contributed by atoms with Gasteiger partial charge in [-0.1, -0.05) is 6.07 Å². The summed E-state index contributed by atoms with van der Waals surface area (Å²) in [5.41, 5.74) is 1.70. The molecule has 0 saturated heterocycles. The lowest BCUT2D eigenvalue weighted by Gasteiger charge is -2.13. The Kier molecular flexibility index (Phi) is 4.81. The highest BCUT2D eigenvalue weighted by molar-refractivity contribution is 7.14. The molecule has 3 rings (SSSR count). The van der Waals surface area contributed by atoms with Crippen LogP contribution in [0, 0.1) is 0 Å². The number of methoxy groups -OCH3 is 3. The van der Waals surface area contributed by atoms with Gasteiger partial charge in [0.2, 0.25) is 5.75 Å². The van der Waals surface area contributed by atoms with Crippen molar-refractivity contribution in [2.24, 2.45) is 0 Å². The van der Waals surface area contributed by atoms with Crippen molar-refractivity contribution in [1.82, 2.24) is 9.97 Å².